The summed E-state index contributed by atoms with van der Waals surface area (Å²) in [4.78, 5) is 24.5. The van der Waals surface area contributed by atoms with Crippen LogP contribution in [0.3, 0.4) is 0 Å². The van der Waals surface area contributed by atoms with Crippen molar-refractivity contribution in [1.82, 2.24) is 4.57 Å². The van der Waals surface area contributed by atoms with Gasteiger partial charge in [0.1, 0.15) is 11.4 Å². The van der Waals surface area contributed by atoms with Gasteiger partial charge in [0.15, 0.2) is 0 Å². The van der Waals surface area contributed by atoms with E-state index in [-0.39, 0.29) is 41.0 Å². The van der Waals surface area contributed by atoms with Crippen LogP contribution >= 0.6 is 11.6 Å². The Morgan fingerprint density at radius 1 is 1.23 bits per heavy atom. The molecule has 0 aliphatic carbocycles. The molecule has 1 heterocycles. The minimum Gasteiger partial charge on any atom is -0.477 e. The summed E-state index contributed by atoms with van der Waals surface area (Å²) in [5.74, 6) is -1.59. The van der Waals surface area contributed by atoms with Crippen LogP contribution in [0.5, 0.6) is 0 Å². The molecule has 0 bridgehead atoms. The summed E-state index contributed by atoms with van der Waals surface area (Å²) in [5, 5.41) is 19.6. The summed E-state index contributed by atoms with van der Waals surface area (Å²) < 4.78 is 15.9. The molecule has 0 saturated heterocycles. The summed E-state index contributed by atoms with van der Waals surface area (Å²) in [6.07, 6.45) is 2.12. The van der Waals surface area contributed by atoms with Gasteiger partial charge in [-0.3, -0.25) is 4.79 Å². The molecule has 0 fully saturated rings. The zero-order chi connectivity index (χ0) is 22.0. The van der Waals surface area contributed by atoms with E-state index in [2.05, 4.69) is 0 Å². The average molecular weight is 432 g/mol. The molecule has 3 aromatic rings. The van der Waals surface area contributed by atoms with Crippen LogP contribution in [0.1, 0.15) is 47.8 Å². The number of halogens is 2. The monoisotopic (exact) mass is 431 g/mol. The summed E-state index contributed by atoms with van der Waals surface area (Å²) in [5.41, 5.74) is 0.586. The van der Waals surface area contributed by atoms with Crippen molar-refractivity contribution in [2.24, 2.45) is 5.92 Å². The Labute approximate surface area is 178 Å². The van der Waals surface area contributed by atoms with Crippen LogP contribution in [0, 0.1) is 11.7 Å². The van der Waals surface area contributed by atoms with Gasteiger partial charge in [0.2, 0.25) is 5.43 Å². The number of aliphatic hydroxyl groups excluding tert-OH is 1. The highest BCUT2D eigenvalue weighted by Crippen LogP contribution is 2.25. The predicted octanol–water partition coefficient (Wildman–Crippen LogP) is 4.66. The second-order valence-electron chi connectivity index (χ2n) is 7.79. The number of rotatable bonds is 7. The molecule has 0 aliphatic rings. The molecular weight excluding hydrogens is 409 g/mol. The van der Waals surface area contributed by atoms with Gasteiger partial charge in [0.25, 0.3) is 0 Å². The number of aromatic nitrogens is 1. The molecule has 30 heavy (non-hydrogen) atoms. The molecule has 0 unspecified atom stereocenters. The molecule has 5 nitrogen and oxygen atoms in total. The minimum atomic E-state index is -1.33. The second kappa shape index (κ2) is 8.98. The van der Waals surface area contributed by atoms with Gasteiger partial charge < -0.3 is 14.8 Å². The SMILES string of the molecule is CC(C)C[C@@H](CO)n1cc(C(=O)O)c(=O)c2cc(Cc3cccc(Cl)c3F)ccc21. The maximum Gasteiger partial charge on any atom is 0.341 e. The van der Waals surface area contributed by atoms with E-state index in [4.69, 9.17) is 11.6 Å². The standard InChI is InChI=1S/C23H23ClFNO4/c1-13(2)8-16(12-27)26-11-18(23(29)30)22(28)17-10-14(6-7-20(17)26)9-15-4-3-5-19(24)21(15)25/h3-7,10-11,13,16,27H,8-9,12H2,1-2H3,(H,29,30)/t16-/m0/s1. The Bertz CT molecular complexity index is 1160. The summed E-state index contributed by atoms with van der Waals surface area (Å²) in [6.45, 7) is 3.82. The number of hydrogen-bond acceptors (Lipinski definition) is 3. The fraction of sp³-hybridized carbons (Fsp3) is 0.304. The number of aliphatic hydroxyl groups is 1. The molecule has 158 valence electrons. The summed E-state index contributed by atoms with van der Waals surface area (Å²) in [7, 11) is 0. The number of carbonyl (C=O) groups is 1. The average Bonchev–Trinajstić information content (AvgIpc) is 2.70. The fourth-order valence-electron chi connectivity index (χ4n) is 3.69. The molecule has 7 heteroatoms. The van der Waals surface area contributed by atoms with E-state index in [0.717, 1.165) is 0 Å². The van der Waals surface area contributed by atoms with Crippen molar-refractivity contribution in [3.8, 4) is 0 Å². The number of pyridine rings is 1. The van der Waals surface area contributed by atoms with Crippen LogP contribution in [-0.2, 0) is 6.42 Å². The fourth-order valence-corrected chi connectivity index (χ4v) is 3.89. The van der Waals surface area contributed by atoms with Gasteiger partial charge >= 0.3 is 5.97 Å². The number of carboxylic acid groups (broad SMARTS) is 1. The third-order valence-corrected chi connectivity index (χ3v) is 5.39. The molecule has 2 aromatic carbocycles. The lowest BCUT2D eigenvalue weighted by molar-refractivity contribution is 0.0694. The first-order valence-corrected chi connectivity index (χ1v) is 10.1. The lowest BCUT2D eigenvalue weighted by Gasteiger charge is -2.23. The van der Waals surface area contributed by atoms with E-state index in [0.29, 0.717) is 23.1 Å². The predicted molar refractivity (Wildman–Crippen MR) is 115 cm³/mol. The number of carboxylic acids is 1. The topological polar surface area (TPSA) is 79.5 Å². The minimum absolute atomic E-state index is 0.0169. The van der Waals surface area contributed by atoms with Crippen molar-refractivity contribution in [2.75, 3.05) is 6.61 Å². The Balaban J connectivity index is 2.18. The maximum absolute atomic E-state index is 14.3. The van der Waals surface area contributed by atoms with Crippen molar-refractivity contribution in [3.63, 3.8) is 0 Å². The van der Waals surface area contributed by atoms with Crippen molar-refractivity contribution >= 4 is 28.5 Å². The zero-order valence-corrected chi connectivity index (χ0v) is 17.5. The maximum atomic E-state index is 14.3. The van der Waals surface area contributed by atoms with E-state index in [1.807, 2.05) is 13.8 Å². The second-order valence-corrected chi connectivity index (χ2v) is 8.20. The molecule has 0 radical (unpaired) electrons. The van der Waals surface area contributed by atoms with Gasteiger partial charge in [-0.2, -0.15) is 0 Å². The van der Waals surface area contributed by atoms with Crippen LogP contribution < -0.4 is 5.43 Å². The van der Waals surface area contributed by atoms with Gasteiger partial charge in [-0.15, -0.1) is 0 Å². The van der Waals surface area contributed by atoms with E-state index in [1.165, 1.54) is 12.3 Å². The van der Waals surface area contributed by atoms with Crippen molar-refractivity contribution in [2.45, 2.75) is 32.7 Å². The van der Waals surface area contributed by atoms with Gasteiger partial charge in [-0.05, 0) is 41.7 Å². The van der Waals surface area contributed by atoms with Crippen molar-refractivity contribution in [1.29, 1.82) is 0 Å². The van der Waals surface area contributed by atoms with Crippen molar-refractivity contribution in [3.05, 3.63) is 80.3 Å². The highest BCUT2D eigenvalue weighted by Gasteiger charge is 2.20. The number of benzene rings is 2. The Morgan fingerprint density at radius 2 is 1.97 bits per heavy atom. The lowest BCUT2D eigenvalue weighted by Crippen LogP contribution is -2.23. The molecular formula is C23H23ClFNO4. The molecule has 0 saturated carbocycles. The van der Waals surface area contributed by atoms with E-state index in [9.17, 15) is 24.2 Å². The first kappa shape index (κ1) is 22.0. The smallest absolute Gasteiger partial charge is 0.341 e. The number of hydrogen-bond donors (Lipinski definition) is 2. The first-order chi connectivity index (χ1) is 14.2. The zero-order valence-electron chi connectivity index (χ0n) is 16.7. The Morgan fingerprint density at radius 3 is 2.60 bits per heavy atom. The largest absolute Gasteiger partial charge is 0.477 e. The third kappa shape index (κ3) is 4.40. The van der Waals surface area contributed by atoms with Crippen LogP contribution in [0.2, 0.25) is 5.02 Å². The molecule has 0 amide bonds. The van der Waals surface area contributed by atoms with Gasteiger partial charge in [-0.1, -0.05) is 43.6 Å². The Hall–Kier alpha value is -2.70. The van der Waals surface area contributed by atoms with Crippen LogP contribution in [0.25, 0.3) is 10.9 Å². The molecule has 1 aromatic heterocycles. The third-order valence-electron chi connectivity index (χ3n) is 5.10. The highest BCUT2D eigenvalue weighted by atomic mass is 35.5. The molecule has 0 spiro atoms. The number of fused-ring (bicyclic) bond motifs is 1. The molecule has 2 N–H and O–H groups in total. The molecule has 3 rings (SSSR count). The van der Waals surface area contributed by atoms with Crippen molar-refractivity contribution < 1.29 is 19.4 Å². The lowest BCUT2D eigenvalue weighted by atomic mass is 9.99. The van der Waals surface area contributed by atoms with Crippen LogP contribution in [0.15, 0.2) is 47.4 Å². The summed E-state index contributed by atoms with van der Waals surface area (Å²) >= 11 is 5.85. The first-order valence-electron chi connectivity index (χ1n) is 9.67. The Kier molecular flexibility index (Phi) is 6.58. The van der Waals surface area contributed by atoms with Gasteiger partial charge in [-0.25, -0.2) is 9.18 Å². The van der Waals surface area contributed by atoms with Gasteiger partial charge in [0.05, 0.1) is 23.2 Å². The summed E-state index contributed by atoms with van der Waals surface area (Å²) in [6, 6.07) is 9.41. The normalized spacial score (nSPS) is 12.5. The van der Waals surface area contributed by atoms with E-state index >= 15 is 0 Å². The number of aromatic carboxylic acids is 1. The molecule has 0 aliphatic heterocycles. The molecule has 1 atom stereocenters. The van der Waals surface area contributed by atoms with E-state index in [1.54, 1.807) is 34.9 Å². The quantitative estimate of drug-likeness (QED) is 0.570. The van der Waals surface area contributed by atoms with Gasteiger partial charge in [0, 0.05) is 18.0 Å². The van der Waals surface area contributed by atoms with Crippen LogP contribution in [-0.4, -0.2) is 27.4 Å². The highest BCUT2D eigenvalue weighted by molar-refractivity contribution is 6.30. The van der Waals surface area contributed by atoms with Crippen LogP contribution in [0.4, 0.5) is 4.39 Å². The number of nitrogens with zero attached hydrogens (tertiary/aromatic N) is 1. The van der Waals surface area contributed by atoms with E-state index < -0.39 is 17.2 Å².